The number of rotatable bonds is 3. The number of hydrogen-bond acceptors (Lipinski definition) is 4. The number of nitrogens with zero attached hydrogens (tertiary/aromatic N) is 3. The van der Waals surface area contributed by atoms with Crippen LogP contribution in [-0.2, 0) is 0 Å². The molecule has 17 heavy (non-hydrogen) atoms. The van der Waals surface area contributed by atoms with Crippen LogP contribution >= 0.6 is 0 Å². The molecule has 0 bridgehead atoms. The van der Waals surface area contributed by atoms with Gasteiger partial charge in [-0.15, -0.1) is 0 Å². The fourth-order valence-corrected chi connectivity index (χ4v) is 1.62. The Kier molecular flexibility index (Phi) is 3.35. The first-order valence-electron chi connectivity index (χ1n) is 5.39. The predicted molar refractivity (Wildman–Crippen MR) is 66.9 cm³/mol. The molecule has 1 aromatic carbocycles. The monoisotopic (exact) mass is 229 g/mol. The largest absolute Gasteiger partial charge is 0.384 e. The van der Waals surface area contributed by atoms with E-state index in [-0.39, 0.29) is 0 Å². The lowest BCUT2D eigenvalue weighted by atomic mass is 10.0. The molecule has 1 N–H and O–H groups in total. The predicted octanol–water partition coefficient (Wildman–Crippen LogP) is 1.62. The van der Waals surface area contributed by atoms with Crippen molar-refractivity contribution in [1.29, 1.82) is 0 Å². The number of aromatic nitrogens is 2. The lowest BCUT2D eigenvalue weighted by molar-refractivity contribution is 0.219. The molecular formula is C13H15N3O. The van der Waals surface area contributed by atoms with Crippen LogP contribution < -0.4 is 4.90 Å². The molecule has 0 radical (unpaired) electrons. The summed E-state index contributed by atoms with van der Waals surface area (Å²) in [5, 5.41) is 10.2. The van der Waals surface area contributed by atoms with Gasteiger partial charge >= 0.3 is 0 Å². The van der Waals surface area contributed by atoms with E-state index in [0.29, 0.717) is 5.56 Å². The third kappa shape index (κ3) is 2.60. The molecule has 0 saturated carbocycles. The van der Waals surface area contributed by atoms with Gasteiger partial charge in [0.05, 0.1) is 0 Å². The van der Waals surface area contributed by atoms with Crippen molar-refractivity contribution in [3.63, 3.8) is 0 Å². The first kappa shape index (κ1) is 11.5. The molecule has 0 saturated heterocycles. The summed E-state index contributed by atoms with van der Waals surface area (Å²) in [6, 6.07) is 7.78. The van der Waals surface area contributed by atoms with Gasteiger partial charge in [-0.05, 0) is 17.7 Å². The highest BCUT2D eigenvalue weighted by Gasteiger charge is 2.11. The zero-order valence-electron chi connectivity index (χ0n) is 9.91. The third-order valence-corrected chi connectivity index (χ3v) is 2.60. The number of anilines is 1. The Morgan fingerprint density at radius 1 is 1.12 bits per heavy atom. The Labute approximate surface area is 101 Å². The summed E-state index contributed by atoms with van der Waals surface area (Å²) < 4.78 is 0. The molecule has 0 spiro atoms. The van der Waals surface area contributed by atoms with Gasteiger partial charge in [-0.25, -0.2) is 9.97 Å². The lowest BCUT2D eigenvalue weighted by Crippen LogP contribution is -2.09. The van der Waals surface area contributed by atoms with Crippen LogP contribution in [0, 0.1) is 0 Å². The zero-order chi connectivity index (χ0) is 12.3. The van der Waals surface area contributed by atoms with Crippen molar-refractivity contribution < 1.29 is 5.11 Å². The normalized spacial score (nSPS) is 12.2. The van der Waals surface area contributed by atoms with Gasteiger partial charge in [0.25, 0.3) is 0 Å². The minimum atomic E-state index is -0.684. The van der Waals surface area contributed by atoms with Gasteiger partial charge in [-0.2, -0.15) is 0 Å². The van der Waals surface area contributed by atoms with E-state index in [1.165, 1.54) is 6.33 Å². The molecule has 4 nitrogen and oxygen atoms in total. The van der Waals surface area contributed by atoms with Gasteiger partial charge in [-0.1, -0.05) is 12.1 Å². The smallest absolute Gasteiger partial charge is 0.115 e. The summed E-state index contributed by atoms with van der Waals surface area (Å²) in [5.74, 6) is 0. The van der Waals surface area contributed by atoms with Crippen LogP contribution in [0.25, 0.3) is 0 Å². The van der Waals surface area contributed by atoms with Crippen molar-refractivity contribution in [2.24, 2.45) is 0 Å². The number of aliphatic hydroxyl groups excluding tert-OH is 1. The van der Waals surface area contributed by atoms with E-state index >= 15 is 0 Å². The Morgan fingerprint density at radius 2 is 1.82 bits per heavy atom. The summed E-state index contributed by atoms with van der Waals surface area (Å²) >= 11 is 0. The van der Waals surface area contributed by atoms with Crippen LogP contribution in [0.15, 0.2) is 43.0 Å². The maximum Gasteiger partial charge on any atom is 0.115 e. The number of aliphatic hydroxyl groups is 1. The van der Waals surface area contributed by atoms with Crippen molar-refractivity contribution >= 4 is 5.69 Å². The van der Waals surface area contributed by atoms with E-state index in [4.69, 9.17) is 0 Å². The van der Waals surface area contributed by atoms with Gasteiger partial charge < -0.3 is 10.0 Å². The van der Waals surface area contributed by atoms with E-state index in [1.807, 2.05) is 43.3 Å². The zero-order valence-corrected chi connectivity index (χ0v) is 9.91. The van der Waals surface area contributed by atoms with E-state index in [2.05, 4.69) is 9.97 Å². The molecule has 2 rings (SSSR count). The summed E-state index contributed by atoms with van der Waals surface area (Å²) in [7, 11) is 3.94. The first-order chi connectivity index (χ1) is 8.18. The molecule has 4 heteroatoms. The Bertz CT molecular complexity index is 485. The minimum absolute atomic E-state index is 0.684. The number of benzene rings is 1. The standard InChI is InChI=1S/C13H15N3O/c1-16(2)12-5-3-4-10(6-12)13(17)11-7-14-9-15-8-11/h3-9,13,17H,1-2H3. The van der Waals surface area contributed by atoms with E-state index in [1.54, 1.807) is 12.4 Å². The van der Waals surface area contributed by atoms with Crippen LogP contribution in [0.4, 0.5) is 5.69 Å². The van der Waals surface area contributed by atoms with Gasteiger partial charge in [0.1, 0.15) is 12.4 Å². The van der Waals surface area contributed by atoms with Crippen LogP contribution in [0.3, 0.4) is 0 Å². The van der Waals surface area contributed by atoms with Crippen molar-refractivity contribution in [3.8, 4) is 0 Å². The molecule has 0 aliphatic heterocycles. The maximum atomic E-state index is 10.2. The topological polar surface area (TPSA) is 49.2 Å². The van der Waals surface area contributed by atoms with Gasteiger partial charge in [0, 0.05) is 37.7 Å². The fraction of sp³-hybridized carbons (Fsp3) is 0.231. The number of hydrogen-bond donors (Lipinski definition) is 1. The average molecular weight is 229 g/mol. The van der Waals surface area contributed by atoms with Crippen LogP contribution in [-0.4, -0.2) is 29.2 Å². The first-order valence-corrected chi connectivity index (χ1v) is 5.39. The Balaban J connectivity index is 2.31. The van der Waals surface area contributed by atoms with Crippen LogP contribution in [0.2, 0.25) is 0 Å². The summed E-state index contributed by atoms with van der Waals surface area (Å²) in [4.78, 5) is 9.81. The van der Waals surface area contributed by atoms with Crippen LogP contribution in [0.5, 0.6) is 0 Å². The Hall–Kier alpha value is -1.94. The van der Waals surface area contributed by atoms with Gasteiger partial charge in [-0.3, -0.25) is 0 Å². The molecule has 2 aromatic rings. The molecule has 88 valence electrons. The highest BCUT2D eigenvalue weighted by molar-refractivity contribution is 5.48. The van der Waals surface area contributed by atoms with E-state index in [9.17, 15) is 5.11 Å². The quantitative estimate of drug-likeness (QED) is 0.869. The highest BCUT2D eigenvalue weighted by Crippen LogP contribution is 2.23. The summed E-state index contributed by atoms with van der Waals surface area (Å²) in [5.41, 5.74) is 2.59. The summed E-state index contributed by atoms with van der Waals surface area (Å²) in [6.45, 7) is 0. The van der Waals surface area contributed by atoms with E-state index < -0.39 is 6.10 Å². The maximum absolute atomic E-state index is 10.2. The molecule has 1 aromatic heterocycles. The highest BCUT2D eigenvalue weighted by atomic mass is 16.3. The molecule has 0 amide bonds. The molecule has 1 heterocycles. The lowest BCUT2D eigenvalue weighted by Gasteiger charge is -2.16. The molecule has 1 atom stereocenters. The second-order valence-electron chi connectivity index (χ2n) is 4.06. The van der Waals surface area contributed by atoms with Gasteiger partial charge in [0.15, 0.2) is 0 Å². The van der Waals surface area contributed by atoms with Crippen molar-refractivity contribution in [3.05, 3.63) is 54.1 Å². The molecule has 0 aliphatic rings. The van der Waals surface area contributed by atoms with Crippen molar-refractivity contribution in [2.75, 3.05) is 19.0 Å². The third-order valence-electron chi connectivity index (χ3n) is 2.60. The second-order valence-corrected chi connectivity index (χ2v) is 4.06. The second kappa shape index (κ2) is 4.93. The fourth-order valence-electron chi connectivity index (χ4n) is 1.62. The summed E-state index contributed by atoms with van der Waals surface area (Å²) in [6.07, 6.45) is 4.02. The molecule has 0 fully saturated rings. The van der Waals surface area contributed by atoms with Crippen molar-refractivity contribution in [1.82, 2.24) is 9.97 Å². The van der Waals surface area contributed by atoms with Crippen molar-refractivity contribution in [2.45, 2.75) is 6.10 Å². The van der Waals surface area contributed by atoms with Crippen LogP contribution in [0.1, 0.15) is 17.2 Å². The Morgan fingerprint density at radius 3 is 2.47 bits per heavy atom. The molecule has 0 aliphatic carbocycles. The minimum Gasteiger partial charge on any atom is -0.384 e. The molecular weight excluding hydrogens is 214 g/mol. The van der Waals surface area contributed by atoms with E-state index in [0.717, 1.165) is 11.3 Å². The molecule has 1 unspecified atom stereocenters. The SMILES string of the molecule is CN(C)c1cccc(C(O)c2cncnc2)c1. The van der Waals surface area contributed by atoms with Gasteiger partial charge in [0.2, 0.25) is 0 Å². The average Bonchev–Trinajstić information content (AvgIpc) is 2.39.